The Hall–Kier alpha value is -0.860. The molecule has 0 aromatic carbocycles. The minimum atomic E-state index is -0.624. The van der Waals surface area contributed by atoms with E-state index in [4.69, 9.17) is 5.26 Å². The lowest BCUT2D eigenvalue weighted by molar-refractivity contribution is -0.297. The van der Waals surface area contributed by atoms with Crippen LogP contribution in [0.4, 0.5) is 0 Å². The SMILES string of the molecule is C=CC(=C)C/C=C/C(C)(C)OO. The molecule has 0 saturated heterocycles. The van der Waals surface area contributed by atoms with Crippen LogP contribution >= 0.6 is 0 Å². The zero-order valence-corrected chi connectivity index (χ0v) is 7.71. The van der Waals surface area contributed by atoms with Gasteiger partial charge in [0.2, 0.25) is 0 Å². The quantitative estimate of drug-likeness (QED) is 0.296. The van der Waals surface area contributed by atoms with Crippen LogP contribution in [0.15, 0.2) is 37.0 Å². The Kier molecular flexibility index (Phi) is 4.55. The van der Waals surface area contributed by atoms with Gasteiger partial charge in [-0.25, -0.2) is 4.89 Å². The van der Waals surface area contributed by atoms with Gasteiger partial charge in [-0.2, -0.15) is 0 Å². The lowest BCUT2D eigenvalue weighted by Gasteiger charge is -2.14. The zero-order valence-electron chi connectivity index (χ0n) is 7.71. The van der Waals surface area contributed by atoms with Crippen LogP contribution in [0.3, 0.4) is 0 Å². The van der Waals surface area contributed by atoms with Crippen molar-refractivity contribution in [1.82, 2.24) is 0 Å². The van der Waals surface area contributed by atoms with Crippen molar-refractivity contribution in [2.45, 2.75) is 25.9 Å². The highest BCUT2D eigenvalue weighted by atomic mass is 17.1. The molecule has 1 N–H and O–H groups in total. The molecule has 0 bridgehead atoms. The van der Waals surface area contributed by atoms with Crippen LogP contribution in [0.1, 0.15) is 20.3 Å². The molecule has 0 fully saturated rings. The summed E-state index contributed by atoms with van der Waals surface area (Å²) in [5, 5.41) is 8.42. The second-order valence-electron chi connectivity index (χ2n) is 3.16. The summed E-state index contributed by atoms with van der Waals surface area (Å²) in [6, 6.07) is 0. The maximum atomic E-state index is 8.42. The third kappa shape index (κ3) is 4.88. The molecule has 2 heteroatoms. The molecular formula is C10H16O2. The fourth-order valence-corrected chi connectivity index (χ4v) is 0.608. The van der Waals surface area contributed by atoms with E-state index in [2.05, 4.69) is 18.0 Å². The van der Waals surface area contributed by atoms with E-state index in [1.54, 1.807) is 26.0 Å². The summed E-state index contributed by atoms with van der Waals surface area (Å²) in [6.07, 6.45) is 6.11. The smallest absolute Gasteiger partial charge is 0.116 e. The number of hydrogen-bond donors (Lipinski definition) is 1. The summed E-state index contributed by atoms with van der Waals surface area (Å²) >= 11 is 0. The van der Waals surface area contributed by atoms with E-state index in [0.29, 0.717) is 0 Å². The van der Waals surface area contributed by atoms with Crippen molar-refractivity contribution in [3.05, 3.63) is 37.0 Å². The Labute approximate surface area is 73.8 Å². The van der Waals surface area contributed by atoms with Crippen LogP contribution in [-0.2, 0) is 4.89 Å². The van der Waals surface area contributed by atoms with Crippen LogP contribution in [0.25, 0.3) is 0 Å². The third-order valence-electron chi connectivity index (χ3n) is 1.42. The van der Waals surface area contributed by atoms with Crippen LogP contribution in [0.2, 0.25) is 0 Å². The van der Waals surface area contributed by atoms with Crippen molar-refractivity contribution >= 4 is 0 Å². The molecule has 68 valence electrons. The lowest BCUT2D eigenvalue weighted by atomic mass is 10.1. The van der Waals surface area contributed by atoms with Gasteiger partial charge in [0.1, 0.15) is 5.60 Å². The van der Waals surface area contributed by atoms with E-state index < -0.39 is 5.60 Å². The molecule has 0 unspecified atom stereocenters. The third-order valence-corrected chi connectivity index (χ3v) is 1.42. The Morgan fingerprint density at radius 1 is 1.58 bits per heavy atom. The highest BCUT2D eigenvalue weighted by Crippen LogP contribution is 2.10. The van der Waals surface area contributed by atoms with Crippen molar-refractivity contribution in [3.8, 4) is 0 Å². The molecule has 0 atom stereocenters. The standard InChI is InChI=1S/C10H16O2/c1-5-9(2)7-6-8-10(3,4)12-11/h5-6,8,11H,1-2,7H2,3-4H3/b8-6+. The molecule has 12 heavy (non-hydrogen) atoms. The summed E-state index contributed by atoms with van der Waals surface area (Å²) in [7, 11) is 0. The lowest BCUT2D eigenvalue weighted by Crippen LogP contribution is -2.18. The first kappa shape index (κ1) is 11.1. The molecule has 0 aliphatic carbocycles. The Bertz CT molecular complexity index is 190. The topological polar surface area (TPSA) is 29.5 Å². The molecule has 0 radical (unpaired) electrons. The number of rotatable bonds is 5. The van der Waals surface area contributed by atoms with Gasteiger partial charge in [0.15, 0.2) is 0 Å². The van der Waals surface area contributed by atoms with Crippen LogP contribution in [-0.4, -0.2) is 10.9 Å². The average Bonchev–Trinajstić information content (AvgIpc) is 2.04. The molecule has 0 spiro atoms. The van der Waals surface area contributed by atoms with Gasteiger partial charge >= 0.3 is 0 Å². The van der Waals surface area contributed by atoms with Gasteiger partial charge < -0.3 is 0 Å². The largest absolute Gasteiger partial charge is 0.251 e. The predicted octanol–water partition coefficient (Wildman–Crippen LogP) is 2.94. The highest BCUT2D eigenvalue weighted by Gasteiger charge is 2.12. The van der Waals surface area contributed by atoms with E-state index in [1.165, 1.54) is 0 Å². The molecule has 0 rings (SSSR count). The van der Waals surface area contributed by atoms with Gasteiger partial charge in [0.25, 0.3) is 0 Å². The van der Waals surface area contributed by atoms with Crippen molar-refractivity contribution in [2.24, 2.45) is 0 Å². The van der Waals surface area contributed by atoms with E-state index in [1.807, 2.05) is 6.08 Å². The molecule has 0 aliphatic heterocycles. The van der Waals surface area contributed by atoms with Gasteiger partial charge in [-0.1, -0.05) is 37.0 Å². The first-order chi connectivity index (χ1) is 5.52. The fourth-order valence-electron chi connectivity index (χ4n) is 0.608. The maximum Gasteiger partial charge on any atom is 0.116 e. The number of allylic oxidation sites excluding steroid dienone is 3. The summed E-state index contributed by atoms with van der Waals surface area (Å²) in [4.78, 5) is 4.21. The Morgan fingerprint density at radius 2 is 2.17 bits per heavy atom. The monoisotopic (exact) mass is 168 g/mol. The first-order valence-corrected chi connectivity index (χ1v) is 3.82. The Balaban J connectivity index is 3.91. The maximum absolute atomic E-state index is 8.42. The van der Waals surface area contributed by atoms with E-state index >= 15 is 0 Å². The molecular weight excluding hydrogens is 152 g/mol. The van der Waals surface area contributed by atoms with E-state index in [-0.39, 0.29) is 0 Å². The van der Waals surface area contributed by atoms with Crippen molar-refractivity contribution < 1.29 is 10.1 Å². The second kappa shape index (κ2) is 4.91. The van der Waals surface area contributed by atoms with E-state index in [0.717, 1.165) is 12.0 Å². The second-order valence-corrected chi connectivity index (χ2v) is 3.16. The predicted molar refractivity (Wildman–Crippen MR) is 50.9 cm³/mol. The van der Waals surface area contributed by atoms with Crippen LogP contribution in [0, 0.1) is 0 Å². The van der Waals surface area contributed by atoms with Gasteiger partial charge in [-0.3, -0.25) is 5.26 Å². The first-order valence-electron chi connectivity index (χ1n) is 3.82. The average molecular weight is 168 g/mol. The van der Waals surface area contributed by atoms with Crippen molar-refractivity contribution in [3.63, 3.8) is 0 Å². The summed E-state index contributed by atoms with van der Waals surface area (Å²) in [5.74, 6) is 0. The van der Waals surface area contributed by atoms with Gasteiger partial charge in [0.05, 0.1) is 0 Å². The van der Waals surface area contributed by atoms with Gasteiger partial charge in [-0.15, -0.1) is 0 Å². The summed E-state index contributed by atoms with van der Waals surface area (Å²) in [5.41, 5.74) is 0.321. The highest BCUT2D eigenvalue weighted by molar-refractivity contribution is 5.15. The minimum absolute atomic E-state index is 0.624. The molecule has 0 aromatic rings. The normalized spacial score (nSPS) is 11.9. The van der Waals surface area contributed by atoms with Crippen molar-refractivity contribution in [1.29, 1.82) is 0 Å². The summed E-state index contributed by atoms with van der Waals surface area (Å²) in [6.45, 7) is 10.9. The fraction of sp³-hybridized carbons (Fsp3) is 0.400. The number of hydrogen-bond acceptors (Lipinski definition) is 2. The van der Waals surface area contributed by atoms with Crippen LogP contribution < -0.4 is 0 Å². The molecule has 0 aliphatic rings. The minimum Gasteiger partial charge on any atom is -0.251 e. The van der Waals surface area contributed by atoms with Crippen molar-refractivity contribution in [2.75, 3.05) is 0 Å². The van der Waals surface area contributed by atoms with E-state index in [9.17, 15) is 0 Å². The summed E-state index contributed by atoms with van der Waals surface area (Å²) < 4.78 is 0. The molecule has 2 nitrogen and oxygen atoms in total. The molecule has 0 amide bonds. The molecule has 0 saturated carbocycles. The van der Waals surface area contributed by atoms with Gasteiger partial charge in [-0.05, 0) is 20.3 Å². The van der Waals surface area contributed by atoms with Gasteiger partial charge in [0, 0.05) is 0 Å². The Morgan fingerprint density at radius 3 is 2.58 bits per heavy atom. The van der Waals surface area contributed by atoms with Crippen LogP contribution in [0.5, 0.6) is 0 Å². The molecule has 0 heterocycles. The zero-order chi connectivity index (χ0) is 9.61. The molecule has 0 aromatic heterocycles.